The quantitative estimate of drug-likeness (QED) is 0.819. The minimum absolute atomic E-state index is 0.172. The van der Waals surface area contributed by atoms with Crippen molar-refractivity contribution in [2.24, 2.45) is 0 Å². The average Bonchev–Trinajstić information content (AvgIpc) is 2.58. The van der Waals surface area contributed by atoms with Gasteiger partial charge in [-0.25, -0.2) is 4.39 Å². The topological polar surface area (TPSA) is 38.5 Å². The fourth-order valence-electron chi connectivity index (χ4n) is 3.23. The van der Waals surface area contributed by atoms with Crippen molar-refractivity contribution in [3.63, 3.8) is 0 Å². The Morgan fingerprint density at radius 3 is 2.56 bits per heavy atom. The first-order chi connectivity index (χ1) is 8.63. The summed E-state index contributed by atoms with van der Waals surface area (Å²) in [5.41, 5.74) is 5.63. The molecule has 2 heterocycles. The molecule has 0 spiro atoms. The summed E-state index contributed by atoms with van der Waals surface area (Å²) in [7, 11) is 2.20. The third-order valence-electron chi connectivity index (χ3n) is 4.33. The summed E-state index contributed by atoms with van der Waals surface area (Å²) < 4.78 is 19.2. The van der Waals surface area contributed by atoms with Gasteiger partial charge in [0.15, 0.2) is 0 Å². The number of nitrogens with zero attached hydrogens (tertiary/aromatic N) is 1. The maximum Gasteiger partial charge on any atom is 0.149 e. The van der Waals surface area contributed by atoms with Gasteiger partial charge in [-0.3, -0.25) is 0 Å². The normalized spacial score (nSPS) is 31.6. The molecule has 3 rings (SSSR count). The van der Waals surface area contributed by atoms with Crippen molar-refractivity contribution >= 4 is 5.69 Å². The van der Waals surface area contributed by atoms with Crippen molar-refractivity contribution in [1.82, 2.24) is 4.90 Å². The molecule has 2 aliphatic rings. The molecule has 0 amide bonds. The fraction of sp³-hybridized carbons (Fsp3) is 0.571. The van der Waals surface area contributed by atoms with E-state index in [9.17, 15) is 4.39 Å². The highest BCUT2D eigenvalue weighted by Crippen LogP contribution is 2.36. The van der Waals surface area contributed by atoms with Crippen molar-refractivity contribution in [2.45, 2.75) is 43.9 Å². The number of nitrogens with two attached hydrogens (primary N) is 1. The van der Waals surface area contributed by atoms with Crippen molar-refractivity contribution in [1.29, 1.82) is 0 Å². The minimum atomic E-state index is -0.400. The standard InChI is InChI=1S/C14H19FN2O/c1-17-9-2-3-10(17)7-12(6-9)18-11-4-5-14(16)13(15)8-11/h4-5,8-10,12H,2-3,6-7,16H2,1H3/t9-,10+,12?. The van der Waals surface area contributed by atoms with Crippen LogP contribution in [0.2, 0.25) is 0 Å². The molecule has 4 heteroatoms. The monoisotopic (exact) mass is 250 g/mol. The molecular formula is C14H19FN2O. The van der Waals surface area contributed by atoms with Crippen LogP contribution in [0.3, 0.4) is 0 Å². The van der Waals surface area contributed by atoms with Crippen LogP contribution in [0.25, 0.3) is 0 Å². The minimum Gasteiger partial charge on any atom is -0.490 e. The number of benzene rings is 1. The number of ether oxygens (including phenoxy) is 1. The molecule has 1 aromatic rings. The van der Waals surface area contributed by atoms with Crippen LogP contribution < -0.4 is 10.5 Å². The molecule has 0 aliphatic carbocycles. The summed E-state index contributed by atoms with van der Waals surface area (Å²) in [5.74, 6) is 0.194. The summed E-state index contributed by atoms with van der Waals surface area (Å²) in [6, 6.07) is 5.96. The van der Waals surface area contributed by atoms with Crippen LogP contribution >= 0.6 is 0 Å². The summed E-state index contributed by atoms with van der Waals surface area (Å²) in [4.78, 5) is 2.46. The Bertz CT molecular complexity index is 437. The summed E-state index contributed by atoms with van der Waals surface area (Å²) in [6.45, 7) is 0. The van der Waals surface area contributed by atoms with Gasteiger partial charge in [0.05, 0.1) is 5.69 Å². The Morgan fingerprint density at radius 2 is 1.94 bits per heavy atom. The van der Waals surface area contributed by atoms with E-state index in [2.05, 4.69) is 11.9 Å². The number of piperidine rings is 1. The lowest BCUT2D eigenvalue weighted by Gasteiger charge is -2.36. The lowest BCUT2D eigenvalue weighted by atomic mass is 10.0. The molecule has 3 nitrogen and oxygen atoms in total. The van der Waals surface area contributed by atoms with E-state index in [1.54, 1.807) is 12.1 Å². The van der Waals surface area contributed by atoms with Crippen LogP contribution in [-0.4, -0.2) is 30.1 Å². The zero-order valence-electron chi connectivity index (χ0n) is 10.6. The maximum atomic E-state index is 13.3. The highest BCUT2D eigenvalue weighted by Gasteiger charge is 2.39. The summed E-state index contributed by atoms with van der Waals surface area (Å²) in [6.07, 6.45) is 4.81. The highest BCUT2D eigenvalue weighted by atomic mass is 19.1. The van der Waals surface area contributed by atoms with E-state index < -0.39 is 5.82 Å². The van der Waals surface area contributed by atoms with Crippen molar-refractivity contribution in [2.75, 3.05) is 12.8 Å². The van der Waals surface area contributed by atoms with Gasteiger partial charge in [0.1, 0.15) is 17.7 Å². The van der Waals surface area contributed by atoms with Gasteiger partial charge in [-0.2, -0.15) is 0 Å². The third-order valence-corrected chi connectivity index (χ3v) is 4.33. The summed E-state index contributed by atoms with van der Waals surface area (Å²) in [5, 5.41) is 0. The average molecular weight is 250 g/mol. The fourth-order valence-corrected chi connectivity index (χ4v) is 3.23. The largest absolute Gasteiger partial charge is 0.490 e. The molecule has 1 unspecified atom stereocenters. The molecule has 0 radical (unpaired) electrons. The zero-order valence-corrected chi connectivity index (χ0v) is 10.6. The second kappa shape index (κ2) is 4.43. The van der Waals surface area contributed by atoms with E-state index >= 15 is 0 Å². The van der Waals surface area contributed by atoms with E-state index in [0.29, 0.717) is 17.8 Å². The Kier molecular flexibility index (Phi) is 2.90. The van der Waals surface area contributed by atoms with Crippen molar-refractivity contribution < 1.29 is 9.13 Å². The first-order valence-electron chi connectivity index (χ1n) is 6.57. The van der Waals surface area contributed by atoms with Gasteiger partial charge >= 0.3 is 0 Å². The second-order valence-corrected chi connectivity index (χ2v) is 5.45. The van der Waals surface area contributed by atoms with Gasteiger partial charge in [-0.1, -0.05) is 0 Å². The Hall–Kier alpha value is -1.29. The molecule has 18 heavy (non-hydrogen) atoms. The number of rotatable bonds is 2. The van der Waals surface area contributed by atoms with Gasteiger partial charge in [-0.15, -0.1) is 0 Å². The lowest BCUT2D eigenvalue weighted by Crippen LogP contribution is -2.43. The van der Waals surface area contributed by atoms with Crippen LogP contribution in [0.1, 0.15) is 25.7 Å². The van der Waals surface area contributed by atoms with Crippen LogP contribution in [0.5, 0.6) is 5.75 Å². The number of nitrogen functional groups attached to an aromatic ring is 1. The Labute approximate surface area is 107 Å². The maximum absolute atomic E-state index is 13.3. The molecule has 3 atom stereocenters. The predicted molar refractivity (Wildman–Crippen MR) is 69.0 cm³/mol. The van der Waals surface area contributed by atoms with E-state index in [1.807, 2.05) is 0 Å². The molecule has 2 saturated heterocycles. The number of halogens is 1. The molecular weight excluding hydrogens is 231 g/mol. The number of hydrogen-bond acceptors (Lipinski definition) is 3. The van der Waals surface area contributed by atoms with E-state index in [4.69, 9.17) is 10.5 Å². The van der Waals surface area contributed by atoms with Crippen molar-refractivity contribution in [3.8, 4) is 5.75 Å². The Balaban J connectivity index is 1.68. The number of anilines is 1. The van der Waals surface area contributed by atoms with E-state index in [-0.39, 0.29) is 11.8 Å². The molecule has 2 N–H and O–H groups in total. The number of fused-ring (bicyclic) bond motifs is 2. The van der Waals surface area contributed by atoms with Crippen LogP contribution in [-0.2, 0) is 0 Å². The Morgan fingerprint density at radius 1 is 1.28 bits per heavy atom. The van der Waals surface area contributed by atoms with Crippen molar-refractivity contribution in [3.05, 3.63) is 24.0 Å². The molecule has 0 saturated carbocycles. The smallest absolute Gasteiger partial charge is 0.149 e. The first kappa shape index (κ1) is 11.8. The van der Waals surface area contributed by atoms with Crippen LogP contribution in [0, 0.1) is 5.82 Å². The molecule has 0 aromatic heterocycles. The molecule has 1 aromatic carbocycles. The number of hydrogen-bond donors (Lipinski definition) is 1. The van der Waals surface area contributed by atoms with Gasteiger partial charge in [0.25, 0.3) is 0 Å². The van der Waals surface area contributed by atoms with Gasteiger partial charge < -0.3 is 15.4 Å². The SMILES string of the molecule is CN1[C@@H]2CC[C@H]1CC(Oc1ccc(N)c(F)c1)C2. The molecule has 98 valence electrons. The lowest BCUT2D eigenvalue weighted by molar-refractivity contribution is 0.0660. The van der Waals surface area contributed by atoms with E-state index in [0.717, 1.165) is 12.8 Å². The second-order valence-electron chi connectivity index (χ2n) is 5.45. The molecule has 2 fully saturated rings. The summed E-state index contributed by atoms with van der Waals surface area (Å²) >= 11 is 0. The third kappa shape index (κ3) is 2.05. The van der Waals surface area contributed by atoms with Gasteiger partial charge in [0.2, 0.25) is 0 Å². The van der Waals surface area contributed by atoms with Crippen LogP contribution in [0.15, 0.2) is 18.2 Å². The van der Waals surface area contributed by atoms with E-state index in [1.165, 1.54) is 18.9 Å². The van der Waals surface area contributed by atoms with Gasteiger partial charge in [0, 0.05) is 18.2 Å². The molecule has 2 bridgehead atoms. The first-order valence-corrected chi connectivity index (χ1v) is 6.57. The predicted octanol–water partition coefficient (Wildman–Crippen LogP) is 2.41. The van der Waals surface area contributed by atoms with Crippen LogP contribution in [0.4, 0.5) is 10.1 Å². The highest BCUT2D eigenvalue weighted by molar-refractivity contribution is 5.43. The van der Waals surface area contributed by atoms with Gasteiger partial charge in [-0.05, 0) is 44.9 Å². The molecule has 2 aliphatic heterocycles. The zero-order chi connectivity index (χ0) is 12.7.